The van der Waals surface area contributed by atoms with Crippen LogP contribution in [0.25, 0.3) is 0 Å². The molecule has 1 unspecified atom stereocenters. The molecule has 1 aromatic rings. The number of aliphatic hydroxyl groups excluding tert-OH is 1. The molecule has 3 heteroatoms. The zero-order valence-electron chi connectivity index (χ0n) is 11.1. The fourth-order valence-corrected chi connectivity index (χ4v) is 2.41. The monoisotopic (exact) mass is 259 g/mol. The molecule has 0 saturated heterocycles. The van der Waals surface area contributed by atoms with Gasteiger partial charge in [0.25, 0.3) is 0 Å². The highest BCUT2D eigenvalue weighted by molar-refractivity contribution is 5.79. The van der Waals surface area contributed by atoms with Gasteiger partial charge >= 0.3 is 0 Å². The van der Waals surface area contributed by atoms with Crippen molar-refractivity contribution in [2.75, 3.05) is 6.61 Å². The van der Waals surface area contributed by atoms with Crippen LogP contribution in [0.3, 0.4) is 0 Å². The third kappa shape index (κ3) is 4.21. The molecule has 0 heterocycles. The normalized spacial score (nSPS) is 19.9. The number of nitrogens with one attached hydrogen (secondary N) is 1. The van der Waals surface area contributed by atoms with E-state index in [1.54, 1.807) is 0 Å². The lowest BCUT2D eigenvalue weighted by atomic mass is 9.93. The van der Waals surface area contributed by atoms with Gasteiger partial charge < -0.3 is 10.4 Å². The molecule has 2 atom stereocenters. The summed E-state index contributed by atoms with van der Waals surface area (Å²) in [7, 11) is 0. The van der Waals surface area contributed by atoms with Crippen LogP contribution in [0.5, 0.6) is 0 Å². The molecule has 19 heavy (non-hydrogen) atoms. The Morgan fingerprint density at radius 3 is 2.74 bits per heavy atom. The Morgan fingerprint density at radius 1 is 1.32 bits per heavy atom. The van der Waals surface area contributed by atoms with Crippen LogP contribution in [0.4, 0.5) is 0 Å². The van der Waals surface area contributed by atoms with Crippen molar-refractivity contribution < 1.29 is 9.90 Å². The van der Waals surface area contributed by atoms with Crippen LogP contribution in [0.1, 0.15) is 24.8 Å². The average molecular weight is 259 g/mol. The molecular formula is C16H21NO2. The van der Waals surface area contributed by atoms with Gasteiger partial charge in [-0.05, 0) is 31.2 Å². The first kappa shape index (κ1) is 13.8. The number of rotatable bonds is 5. The number of allylic oxidation sites excluding steroid dienone is 2. The summed E-state index contributed by atoms with van der Waals surface area (Å²) in [6.45, 7) is -0.0246. The summed E-state index contributed by atoms with van der Waals surface area (Å²) in [5, 5.41) is 12.4. The predicted octanol–water partition coefficient (Wildman–Crippen LogP) is 2.06. The molecule has 1 aromatic carbocycles. The van der Waals surface area contributed by atoms with Crippen LogP contribution in [0, 0.1) is 5.92 Å². The van der Waals surface area contributed by atoms with E-state index >= 15 is 0 Å². The topological polar surface area (TPSA) is 49.3 Å². The molecule has 0 radical (unpaired) electrons. The first-order valence-electron chi connectivity index (χ1n) is 6.89. The van der Waals surface area contributed by atoms with Crippen LogP contribution >= 0.6 is 0 Å². The minimum atomic E-state index is -0.194. The van der Waals surface area contributed by atoms with E-state index in [-0.39, 0.29) is 24.5 Å². The molecule has 0 spiro atoms. The van der Waals surface area contributed by atoms with Gasteiger partial charge in [-0.3, -0.25) is 4.79 Å². The first-order valence-corrected chi connectivity index (χ1v) is 6.89. The van der Waals surface area contributed by atoms with Crippen LogP contribution in [0.2, 0.25) is 0 Å². The van der Waals surface area contributed by atoms with Gasteiger partial charge in [0.2, 0.25) is 5.91 Å². The molecule has 3 nitrogen and oxygen atoms in total. The highest BCUT2D eigenvalue weighted by Crippen LogP contribution is 2.18. The number of carbonyl (C=O) groups is 1. The van der Waals surface area contributed by atoms with Crippen LogP contribution in [0.15, 0.2) is 42.5 Å². The lowest BCUT2D eigenvalue weighted by Crippen LogP contribution is -2.42. The average Bonchev–Trinajstić information content (AvgIpc) is 2.48. The van der Waals surface area contributed by atoms with Gasteiger partial charge in [0, 0.05) is 5.92 Å². The summed E-state index contributed by atoms with van der Waals surface area (Å²) >= 11 is 0. The standard InChI is InChI=1S/C16H21NO2/c18-12-15(11-13-7-3-1-4-8-13)17-16(19)14-9-5-2-6-10-14/h1-5,7-8,14-15,18H,6,9-12H2,(H,17,19)/t14?,15-/m1/s1. The molecule has 2 rings (SSSR count). The van der Waals surface area contributed by atoms with Crippen molar-refractivity contribution in [3.63, 3.8) is 0 Å². The van der Waals surface area contributed by atoms with E-state index in [0.717, 1.165) is 24.8 Å². The molecular weight excluding hydrogens is 238 g/mol. The van der Waals surface area contributed by atoms with Crippen molar-refractivity contribution in [1.82, 2.24) is 5.32 Å². The van der Waals surface area contributed by atoms with Gasteiger partial charge in [0.05, 0.1) is 12.6 Å². The van der Waals surface area contributed by atoms with Crippen LogP contribution < -0.4 is 5.32 Å². The number of aliphatic hydroxyl groups is 1. The van der Waals surface area contributed by atoms with Crippen LogP contribution in [-0.4, -0.2) is 23.7 Å². The Bertz CT molecular complexity index is 428. The van der Waals surface area contributed by atoms with Gasteiger partial charge in [-0.1, -0.05) is 42.5 Å². The fourth-order valence-electron chi connectivity index (χ4n) is 2.41. The second kappa shape index (κ2) is 7.10. The molecule has 0 aromatic heterocycles. The van der Waals surface area contributed by atoms with E-state index in [1.807, 2.05) is 30.3 Å². The summed E-state index contributed by atoms with van der Waals surface area (Å²) in [6, 6.07) is 9.73. The maximum Gasteiger partial charge on any atom is 0.223 e. The molecule has 1 aliphatic rings. The van der Waals surface area contributed by atoms with Crippen molar-refractivity contribution in [1.29, 1.82) is 0 Å². The SMILES string of the molecule is O=C(N[C@@H](CO)Cc1ccccc1)C1CC=CCC1. The zero-order chi connectivity index (χ0) is 13.5. The molecule has 1 aliphatic carbocycles. The summed E-state index contributed by atoms with van der Waals surface area (Å²) in [5.41, 5.74) is 1.13. The number of hydrogen-bond donors (Lipinski definition) is 2. The second-order valence-electron chi connectivity index (χ2n) is 5.06. The Morgan fingerprint density at radius 2 is 2.11 bits per heavy atom. The third-order valence-corrected chi connectivity index (χ3v) is 3.53. The highest BCUT2D eigenvalue weighted by atomic mass is 16.3. The maximum absolute atomic E-state index is 12.1. The first-order chi connectivity index (χ1) is 9.29. The van der Waals surface area contributed by atoms with Crippen molar-refractivity contribution in [3.05, 3.63) is 48.0 Å². The number of amides is 1. The van der Waals surface area contributed by atoms with E-state index in [9.17, 15) is 9.90 Å². The minimum Gasteiger partial charge on any atom is -0.394 e. The third-order valence-electron chi connectivity index (χ3n) is 3.53. The molecule has 0 saturated carbocycles. The lowest BCUT2D eigenvalue weighted by Gasteiger charge is -2.22. The molecule has 0 fully saturated rings. The Kier molecular flexibility index (Phi) is 5.16. The van der Waals surface area contributed by atoms with Gasteiger partial charge in [-0.2, -0.15) is 0 Å². The number of benzene rings is 1. The van der Waals surface area contributed by atoms with E-state index < -0.39 is 0 Å². The fraction of sp³-hybridized carbons (Fsp3) is 0.438. The van der Waals surface area contributed by atoms with E-state index in [1.165, 1.54) is 0 Å². The largest absolute Gasteiger partial charge is 0.394 e. The molecule has 102 valence electrons. The Hall–Kier alpha value is -1.61. The number of hydrogen-bond acceptors (Lipinski definition) is 2. The zero-order valence-corrected chi connectivity index (χ0v) is 11.1. The van der Waals surface area contributed by atoms with Crippen molar-refractivity contribution in [3.8, 4) is 0 Å². The molecule has 0 aliphatic heterocycles. The highest BCUT2D eigenvalue weighted by Gasteiger charge is 2.21. The number of carbonyl (C=O) groups excluding carboxylic acids is 1. The van der Waals surface area contributed by atoms with Gasteiger partial charge in [-0.15, -0.1) is 0 Å². The van der Waals surface area contributed by atoms with Gasteiger partial charge in [-0.25, -0.2) is 0 Å². The molecule has 2 N–H and O–H groups in total. The smallest absolute Gasteiger partial charge is 0.223 e. The quantitative estimate of drug-likeness (QED) is 0.795. The Balaban J connectivity index is 1.88. The van der Waals surface area contributed by atoms with Crippen LogP contribution in [-0.2, 0) is 11.2 Å². The van der Waals surface area contributed by atoms with E-state index in [2.05, 4.69) is 17.5 Å². The summed E-state index contributed by atoms with van der Waals surface area (Å²) in [6.07, 6.45) is 7.56. The molecule has 0 bridgehead atoms. The summed E-state index contributed by atoms with van der Waals surface area (Å²) < 4.78 is 0. The lowest BCUT2D eigenvalue weighted by molar-refractivity contribution is -0.126. The molecule has 1 amide bonds. The van der Waals surface area contributed by atoms with Crippen molar-refractivity contribution in [2.24, 2.45) is 5.92 Å². The summed E-state index contributed by atoms with van der Waals surface area (Å²) in [4.78, 5) is 12.1. The van der Waals surface area contributed by atoms with E-state index in [0.29, 0.717) is 6.42 Å². The second-order valence-corrected chi connectivity index (χ2v) is 5.06. The van der Waals surface area contributed by atoms with Gasteiger partial charge in [0.15, 0.2) is 0 Å². The van der Waals surface area contributed by atoms with Gasteiger partial charge in [0.1, 0.15) is 0 Å². The summed E-state index contributed by atoms with van der Waals surface area (Å²) in [5.74, 6) is 0.133. The minimum absolute atomic E-state index is 0.0246. The van der Waals surface area contributed by atoms with Crippen molar-refractivity contribution in [2.45, 2.75) is 31.7 Å². The Labute approximate surface area is 114 Å². The predicted molar refractivity (Wildman–Crippen MR) is 75.6 cm³/mol. The van der Waals surface area contributed by atoms with Crippen molar-refractivity contribution >= 4 is 5.91 Å². The maximum atomic E-state index is 12.1. The van der Waals surface area contributed by atoms with E-state index in [4.69, 9.17) is 0 Å².